The Morgan fingerprint density at radius 2 is 1.97 bits per heavy atom. The van der Waals surface area contributed by atoms with Gasteiger partial charge in [0.2, 0.25) is 0 Å². The highest BCUT2D eigenvalue weighted by atomic mass is 16.3. The molecule has 8 nitrogen and oxygen atoms in total. The first-order valence-electron chi connectivity index (χ1n) is 9.53. The summed E-state index contributed by atoms with van der Waals surface area (Å²) < 4.78 is 0. The fraction of sp³-hybridized carbons (Fsp3) is 0.273. The number of aromatic amines is 1. The quantitative estimate of drug-likeness (QED) is 0.576. The highest BCUT2D eigenvalue weighted by Crippen LogP contribution is 2.24. The third-order valence-corrected chi connectivity index (χ3v) is 4.91. The van der Waals surface area contributed by atoms with E-state index in [9.17, 15) is 14.7 Å². The molecule has 30 heavy (non-hydrogen) atoms. The minimum Gasteiger partial charge on any atom is -0.391 e. The summed E-state index contributed by atoms with van der Waals surface area (Å²) >= 11 is 0. The highest BCUT2D eigenvalue weighted by molar-refractivity contribution is 5.94. The Bertz CT molecular complexity index is 1140. The lowest BCUT2D eigenvalue weighted by atomic mass is 10.1. The molecular formula is C22H25N5O3. The summed E-state index contributed by atoms with van der Waals surface area (Å²) in [5.41, 5.74) is 3.62. The van der Waals surface area contributed by atoms with Crippen LogP contribution < -0.4 is 15.8 Å². The maximum atomic E-state index is 12.8. The van der Waals surface area contributed by atoms with Crippen LogP contribution in [0.2, 0.25) is 0 Å². The number of amides is 1. The molecule has 0 saturated carbocycles. The van der Waals surface area contributed by atoms with Crippen LogP contribution in [0.4, 0.5) is 5.69 Å². The first-order valence-corrected chi connectivity index (χ1v) is 9.53. The van der Waals surface area contributed by atoms with Gasteiger partial charge in [-0.25, -0.2) is 4.98 Å². The lowest BCUT2D eigenvalue weighted by Crippen LogP contribution is -2.30. The largest absolute Gasteiger partial charge is 0.391 e. The molecular weight excluding hydrogens is 382 g/mol. The Labute approximate surface area is 174 Å². The first-order chi connectivity index (χ1) is 14.3. The number of benzene rings is 1. The Kier molecular flexibility index (Phi) is 6.27. The Morgan fingerprint density at radius 1 is 1.20 bits per heavy atom. The van der Waals surface area contributed by atoms with Gasteiger partial charge in [-0.2, -0.15) is 0 Å². The predicted octanol–water partition coefficient (Wildman–Crippen LogP) is 1.94. The number of carbonyl (C=O) groups is 1. The van der Waals surface area contributed by atoms with Crippen molar-refractivity contribution in [1.82, 2.24) is 20.3 Å². The van der Waals surface area contributed by atoms with Gasteiger partial charge in [-0.15, -0.1) is 0 Å². The standard InChI is InChI=1S/C22H25N5O3/c1-13-7-8-15(10-14(13)2)11-24-22(30)18-16(12-28)21(29)26-20(25-18)19-17(27(3)4)6-5-9-23-19/h5-10,28H,11-12H2,1-4H3,(H,24,30)(H,25,26,29). The molecule has 0 aliphatic carbocycles. The number of aliphatic hydroxyl groups is 1. The first kappa shape index (κ1) is 21.2. The molecule has 0 aliphatic heterocycles. The zero-order valence-electron chi connectivity index (χ0n) is 17.5. The number of hydrogen-bond acceptors (Lipinski definition) is 6. The van der Waals surface area contributed by atoms with Crippen molar-refractivity contribution in [3.8, 4) is 11.5 Å². The molecule has 0 fully saturated rings. The second kappa shape index (κ2) is 8.87. The number of hydrogen-bond donors (Lipinski definition) is 3. The summed E-state index contributed by atoms with van der Waals surface area (Å²) in [6.45, 7) is 3.70. The van der Waals surface area contributed by atoms with Gasteiger partial charge in [-0.1, -0.05) is 18.2 Å². The van der Waals surface area contributed by atoms with Gasteiger partial charge in [0.05, 0.1) is 17.9 Å². The van der Waals surface area contributed by atoms with Crippen molar-refractivity contribution in [1.29, 1.82) is 0 Å². The monoisotopic (exact) mass is 407 g/mol. The average molecular weight is 407 g/mol. The molecule has 1 amide bonds. The van der Waals surface area contributed by atoms with Crippen molar-refractivity contribution in [3.63, 3.8) is 0 Å². The summed E-state index contributed by atoms with van der Waals surface area (Å²) in [6.07, 6.45) is 1.59. The normalized spacial score (nSPS) is 10.7. The molecule has 8 heteroatoms. The maximum Gasteiger partial charge on any atom is 0.270 e. The van der Waals surface area contributed by atoms with E-state index in [2.05, 4.69) is 20.3 Å². The third kappa shape index (κ3) is 4.38. The van der Waals surface area contributed by atoms with Crippen LogP contribution in [0.25, 0.3) is 11.5 Å². The summed E-state index contributed by atoms with van der Waals surface area (Å²) in [5, 5.41) is 12.4. The van der Waals surface area contributed by atoms with Gasteiger partial charge >= 0.3 is 0 Å². The SMILES string of the molecule is Cc1ccc(CNC(=O)c2nc(-c3ncccc3N(C)C)[nH]c(=O)c2CO)cc1C. The topological polar surface area (TPSA) is 111 Å². The van der Waals surface area contributed by atoms with Crippen molar-refractivity contribution in [2.75, 3.05) is 19.0 Å². The number of aryl methyl sites for hydroxylation is 2. The van der Waals surface area contributed by atoms with E-state index in [0.717, 1.165) is 16.8 Å². The fourth-order valence-electron chi connectivity index (χ4n) is 3.06. The van der Waals surface area contributed by atoms with Crippen LogP contribution in [-0.4, -0.2) is 40.1 Å². The lowest BCUT2D eigenvalue weighted by Gasteiger charge is -2.16. The Morgan fingerprint density at radius 3 is 2.63 bits per heavy atom. The second-order valence-corrected chi connectivity index (χ2v) is 7.27. The molecule has 3 N–H and O–H groups in total. The van der Waals surface area contributed by atoms with Crippen LogP contribution >= 0.6 is 0 Å². The van der Waals surface area contributed by atoms with E-state index >= 15 is 0 Å². The molecule has 0 unspecified atom stereocenters. The Hall–Kier alpha value is -3.52. The van der Waals surface area contributed by atoms with Crippen LogP contribution in [0.3, 0.4) is 0 Å². The molecule has 0 atom stereocenters. The fourth-order valence-corrected chi connectivity index (χ4v) is 3.06. The van der Waals surface area contributed by atoms with Crippen LogP contribution in [-0.2, 0) is 13.2 Å². The summed E-state index contributed by atoms with van der Waals surface area (Å²) in [4.78, 5) is 38.5. The average Bonchev–Trinajstić information content (AvgIpc) is 2.73. The third-order valence-electron chi connectivity index (χ3n) is 4.91. The van der Waals surface area contributed by atoms with E-state index in [4.69, 9.17) is 0 Å². The zero-order chi connectivity index (χ0) is 21.8. The number of anilines is 1. The minimum absolute atomic E-state index is 0.0846. The maximum absolute atomic E-state index is 12.8. The van der Waals surface area contributed by atoms with Crippen molar-refractivity contribution in [2.24, 2.45) is 0 Å². The van der Waals surface area contributed by atoms with Gasteiger partial charge in [-0.05, 0) is 42.7 Å². The van der Waals surface area contributed by atoms with Gasteiger partial charge < -0.3 is 20.3 Å². The number of aromatic nitrogens is 3. The van der Waals surface area contributed by atoms with E-state index in [1.54, 1.807) is 12.3 Å². The van der Waals surface area contributed by atoms with Crippen LogP contribution in [0.5, 0.6) is 0 Å². The predicted molar refractivity (Wildman–Crippen MR) is 115 cm³/mol. The van der Waals surface area contributed by atoms with E-state index in [-0.39, 0.29) is 23.6 Å². The van der Waals surface area contributed by atoms with Gasteiger partial charge in [0, 0.05) is 26.8 Å². The molecule has 0 spiro atoms. The number of rotatable bonds is 6. The van der Waals surface area contributed by atoms with Crippen molar-refractivity contribution < 1.29 is 9.90 Å². The molecule has 2 heterocycles. The van der Waals surface area contributed by atoms with E-state index in [1.807, 2.05) is 57.1 Å². The van der Waals surface area contributed by atoms with Gasteiger partial charge in [0.25, 0.3) is 11.5 Å². The van der Waals surface area contributed by atoms with Gasteiger partial charge in [0.15, 0.2) is 5.82 Å². The molecule has 0 aliphatic rings. The van der Waals surface area contributed by atoms with E-state index < -0.39 is 18.1 Å². The number of aliphatic hydroxyl groups excluding tert-OH is 1. The number of nitrogens with one attached hydrogen (secondary N) is 2. The summed E-state index contributed by atoms with van der Waals surface area (Å²) in [7, 11) is 3.69. The van der Waals surface area contributed by atoms with E-state index in [1.165, 1.54) is 5.56 Å². The molecule has 3 rings (SSSR count). The molecule has 156 valence electrons. The van der Waals surface area contributed by atoms with Crippen molar-refractivity contribution in [2.45, 2.75) is 27.0 Å². The summed E-state index contributed by atoms with van der Waals surface area (Å²) in [6, 6.07) is 9.53. The molecule has 0 saturated heterocycles. The number of pyridine rings is 1. The van der Waals surface area contributed by atoms with Gasteiger partial charge in [-0.3, -0.25) is 14.6 Å². The lowest BCUT2D eigenvalue weighted by molar-refractivity contribution is 0.0942. The zero-order valence-corrected chi connectivity index (χ0v) is 17.5. The van der Waals surface area contributed by atoms with Crippen LogP contribution in [0, 0.1) is 13.8 Å². The van der Waals surface area contributed by atoms with E-state index in [0.29, 0.717) is 5.69 Å². The molecule has 0 radical (unpaired) electrons. The van der Waals surface area contributed by atoms with Crippen LogP contribution in [0.15, 0.2) is 41.3 Å². The highest BCUT2D eigenvalue weighted by Gasteiger charge is 2.20. The van der Waals surface area contributed by atoms with Crippen LogP contribution in [0.1, 0.15) is 32.7 Å². The molecule has 2 aromatic heterocycles. The molecule has 0 bridgehead atoms. The smallest absolute Gasteiger partial charge is 0.270 e. The number of carbonyl (C=O) groups excluding carboxylic acids is 1. The van der Waals surface area contributed by atoms with Gasteiger partial charge in [0.1, 0.15) is 11.4 Å². The molecule has 1 aromatic carbocycles. The van der Waals surface area contributed by atoms with Crippen molar-refractivity contribution in [3.05, 3.63) is 74.8 Å². The second-order valence-electron chi connectivity index (χ2n) is 7.27. The molecule has 3 aromatic rings. The summed E-state index contributed by atoms with van der Waals surface area (Å²) in [5.74, 6) is -0.371. The number of H-pyrrole nitrogens is 1. The number of nitrogens with zero attached hydrogens (tertiary/aromatic N) is 3. The van der Waals surface area contributed by atoms with Crippen molar-refractivity contribution >= 4 is 11.6 Å². The Balaban J connectivity index is 1.96. The minimum atomic E-state index is -0.599.